The quantitative estimate of drug-likeness (QED) is 0.722. The summed E-state index contributed by atoms with van der Waals surface area (Å²) in [5, 5.41) is 0. The van der Waals surface area contributed by atoms with Crippen LogP contribution < -0.4 is 4.74 Å². The highest BCUT2D eigenvalue weighted by Crippen LogP contribution is 2.33. The summed E-state index contributed by atoms with van der Waals surface area (Å²) >= 11 is 0. The minimum absolute atomic E-state index is 0.0435. The van der Waals surface area contributed by atoms with Gasteiger partial charge in [-0.3, -0.25) is 9.59 Å². The van der Waals surface area contributed by atoms with Crippen molar-refractivity contribution in [1.29, 1.82) is 0 Å². The van der Waals surface area contributed by atoms with Crippen LogP contribution in [0, 0.1) is 5.82 Å². The van der Waals surface area contributed by atoms with Gasteiger partial charge in [0.15, 0.2) is 6.29 Å². The zero-order valence-corrected chi connectivity index (χ0v) is 16.5. The monoisotopic (exact) mass is 399 g/mol. The second-order valence-electron chi connectivity index (χ2n) is 7.71. The third-order valence-corrected chi connectivity index (χ3v) is 4.38. The number of carbonyl (C=O) groups is 3. The molecule has 0 aromatic heterocycles. The highest BCUT2D eigenvalue weighted by molar-refractivity contribution is 6.07. The third kappa shape index (κ3) is 4.45. The van der Waals surface area contributed by atoms with E-state index in [1.54, 1.807) is 20.8 Å². The highest BCUT2D eigenvalue weighted by atomic mass is 19.1. The van der Waals surface area contributed by atoms with Crippen LogP contribution in [0.2, 0.25) is 0 Å². The summed E-state index contributed by atoms with van der Waals surface area (Å²) in [5.74, 6) is -1.41. The van der Waals surface area contributed by atoms with Crippen LogP contribution in [0.3, 0.4) is 0 Å². The number of rotatable bonds is 4. The van der Waals surface area contributed by atoms with Gasteiger partial charge < -0.3 is 9.47 Å². The molecule has 0 aliphatic carbocycles. The van der Waals surface area contributed by atoms with Crippen LogP contribution in [0.5, 0.6) is 5.75 Å². The third-order valence-electron chi connectivity index (χ3n) is 4.38. The van der Waals surface area contributed by atoms with Crippen LogP contribution in [0.15, 0.2) is 36.4 Å². The van der Waals surface area contributed by atoms with Gasteiger partial charge in [0.2, 0.25) is 0 Å². The second kappa shape index (κ2) is 8.03. The van der Waals surface area contributed by atoms with Gasteiger partial charge in [-0.05, 0) is 38.8 Å². The molecule has 2 amide bonds. The van der Waals surface area contributed by atoms with E-state index in [4.69, 9.17) is 9.47 Å². The molecule has 2 aromatic rings. The lowest BCUT2D eigenvalue weighted by Crippen LogP contribution is -2.45. The van der Waals surface area contributed by atoms with Crippen molar-refractivity contribution in [2.75, 3.05) is 6.54 Å². The van der Waals surface area contributed by atoms with Gasteiger partial charge in [-0.15, -0.1) is 0 Å². The van der Waals surface area contributed by atoms with Gasteiger partial charge in [-0.1, -0.05) is 30.3 Å². The fraction of sp³-hybridized carbons (Fsp3) is 0.318. The molecular formula is C22H22FNO5. The number of benzene rings is 2. The summed E-state index contributed by atoms with van der Waals surface area (Å²) < 4.78 is 25.7. The molecule has 0 N–H and O–H groups in total. The van der Waals surface area contributed by atoms with Crippen LogP contribution in [-0.4, -0.2) is 35.3 Å². The number of ether oxygens (including phenoxy) is 2. The zero-order valence-electron chi connectivity index (χ0n) is 16.5. The molecule has 0 radical (unpaired) electrons. The normalized spacial score (nSPS) is 13.7. The Morgan fingerprint density at radius 2 is 1.93 bits per heavy atom. The van der Waals surface area contributed by atoms with Crippen LogP contribution in [0.25, 0.3) is 0 Å². The number of nitrogens with zero attached hydrogens (tertiary/aromatic N) is 1. The van der Waals surface area contributed by atoms with Gasteiger partial charge >= 0.3 is 6.09 Å². The average Bonchev–Trinajstić information content (AvgIpc) is 2.67. The minimum atomic E-state index is -0.804. The van der Waals surface area contributed by atoms with Gasteiger partial charge in [0.05, 0.1) is 11.1 Å². The van der Waals surface area contributed by atoms with E-state index in [1.165, 1.54) is 6.07 Å². The number of carbonyl (C=O) groups excluding carboxylic acids is 3. The first kappa shape index (κ1) is 20.5. The van der Waals surface area contributed by atoms with Crippen molar-refractivity contribution in [1.82, 2.24) is 4.90 Å². The molecule has 152 valence electrons. The van der Waals surface area contributed by atoms with Crippen molar-refractivity contribution in [3.63, 3.8) is 0 Å². The first-order valence-electron chi connectivity index (χ1n) is 9.23. The fourth-order valence-electron chi connectivity index (χ4n) is 3.06. The molecule has 0 unspecified atom stereocenters. The lowest BCUT2D eigenvalue weighted by atomic mass is 9.95. The number of aldehydes is 1. The van der Waals surface area contributed by atoms with Crippen LogP contribution >= 0.6 is 0 Å². The van der Waals surface area contributed by atoms with E-state index in [0.717, 1.165) is 10.5 Å². The Balaban J connectivity index is 1.97. The van der Waals surface area contributed by atoms with Gasteiger partial charge in [0.25, 0.3) is 5.91 Å². The molecule has 2 aromatic carbocycles. The van der Waals surface area contributed by atoms with E-state index in [-0.39, 0.29) is 42.0 Å². The molecular weight excluding hydrogens is 377 g/mol. The predicted molar refractivity (Wildman–Crippen MR) is 104 cm³/mol. The Hall–Kier alpha value is -3.22. The molecule has 0 saturated carbocycles. The van der Waals surface area contributed by atoms with Gasteiger partial charge in [0.1, 0.15) is 23.8 Å². The van der Waals surface area contributed by atoms with E-state index < -0.39 is 23.4 Å². The summed E-state index contributed by atoms with van der Waals surface area (Å²) in [7, 11) is 0. The van der Waals surface area contributed by atoms with Crippen molar-refractivity contribution in [3.05, 3.63) is 64.5 Å². The number of hydrogen-bond acceptors (Lipinski definition) is 5. The second-order valence-corrected chi connectivity index (χ2v) is 7.71. The van der Waals surface area contributed by atoms with Crippen LogP contribution in [0.4, 0.5) is 9.18 Å². The summed E-state index contributed by atoms with van der Waals surface area (Å²) in [6, 6.07) is 10.4. The Morgan fingerprint density at radius 1 is 1.24 bits per heavy atom. The largest absolute Gasteiger partial charge is 0.488 e. The van der Waals surface area contributed by atoms with Crippen LogP contribution in [-0.2, 0) is 17.8 Å². The van der Waals surface area contributed by atoms with Crippen molar-refractivity contribution < 1.29 is 28.2 Å². The molecule has 1 aliphatic rings. The van der Waals surface area contributed by atoms with E-state index in [2.05, 4.69) is 0 Å². The standard InChI is InChI=1S/C22H22FNO5/c1-22(2,3)29-21(27)24-10-9-16-18(20(24)26)17(11-15(12-25)19(16)23)28-13-14-7-5-4-6-8-14/h4-8,11-12H,9-10,13H2,1-3H3. The maximum absolute atomic E-state index is 14.7. The smallest absolute Gasteiger partial charge is 0.417 e. The Kier molecular flexibility index (Phi) is 5.68. The van der Waals surface area contributed by atoms with Gasteiger partial charge in [0, 0.05) is 12.1 Å². The molecule has 0 spiro atoms. The highest BCUT2D eigenvalue weighted by Gasteiger charge is 2.37. The summed E-state index contributed by atoms with van der Waals surface area (Å²) in [6.07, 6.45) is -0.354. The molecule has 7 heteroatoms. The first-order chi connectivity index (χ1) is 13.7. The van der Waals surface area contributed by atoms with E-state index in [1.807, 2.05) is 30.3 Å². The molecule has 0 saturated heterocycles. The first-order valence-corrected chi connectivity index (χ1v) is 9.23. The molecule has 0 atom stereocenters. The van der Waals surface area contributed by atoms with Crippen molar-refractivity contribution >= 4 is 18.3 Å². The van der Waals surface area contributed by atoms with Crippen molar-refractivity contribution in [3.8, 4) is 5.75 Å². The maximum atomic E-state index is 14.7. The fourth-order valence-corrected chi connectivity index (χ4v) is 3.06. The molecule has 6 nitrogen and oxygen atoms in total. The summed E-state index contributed by atoms with van der Waals surface area (Å²) in [6.45, 7) is 5.15. The topological polar surface area (TPSA) is 72.9 Å². The summed E-state index contributed by atoms with van der Waals surface area (Å²) in [5.41, 5.74) is -0.115. The molecule has 1 aliphatic heterocycles. The maximum Gasteiger partial charge on any atom is 0.417 e. The summed E-state index contributed by atoms with van der Waals surface area (Å²) in [4.78, 5) is 37.7. The van der Waals surface area contributed by atoms with Crippen molar-refractivity contribution in [2.24, 2.45) is 0 Å². The number of hydrogen-bond donors (Lipinski definition) is 0. The Bertz CT molecular complexity index is 950. The van der Waals surface area contributed by atoms with Crippen molar-refractivity contribution in [2.45, 2.75) is 39.4 Å². The number of fused-ring (bicyclic) bond motifs is 1. The Labute approximate surface area is 168 Å². The van der Waals surface area contributed by atoms with Gasteiger partial charge in [-0.2, -0.15) is 0 Å². The number of amides is 2. The molecule has 29 heavy (non-hydrogen) atoms. The lowest BCUT2D eigenvalue weighted by Gasteiger charge is -2.30. The number of halogens is 1. The van der Waals surface area contributed by atoms with E-state index in [9.17, 15) is 18.8 Å². The molecule has 1 heterocycles. The number of imide groups is 1. The molecule has 0 fully saturated rings. The Morgan fingerprint density at radius 3 is 2.55 bits per heavy atom. The zero-order chi connectivity index (χ0) is 21.2. The predicted octanol–water partition coefficient (Wildman–Crippen LogP) is 4.15. The minimum Gasteiger partial charge on any atom is -0.488 e. The SMILES string of the molecule is CC(C)(C)OC(=O)N1CCc2c(F)c(C=O)cc(OCc3ccccc3)c2C1=O. The lowest BCUT2D eigenvalue weighted by molar-refractivity contribution is 0.0230. The van der Waals surface area contributed by atoms with E-state index >= 15 is 0 Å². The van der Waals surface area contributed by atoms with E-state index in [0.29, 0.717) is 6.29 Å². The average molecular weight is 399 g/mol. The van der Waals surface area contributed by atoms with Gasteiger partial charge in [-0.25, -0.2) is 14.1 Å². The molecule has 3 rings (SSSR count). The molecule has 0 bridgehead atoms. The van der Waals surface area contributed by atoms with Crippen LogP contribution in [0.1, 0.15) is 52.6 Å².